The highest BCUT2D eigenvalue weighted by Crippen LogP contribution is 2.25. The van der Waals surface area contributed by atoms with E-state index in [4.69, 9.17) is 9.15 Å². The van der Waals surface area contributed by atoms with E-state index >= 15 is 0 Å². The van der Waals surface area contributed by atoms with Crippen LogP contribution in [0.3, 0.4) is 0 Å². The minimum atomic E-state index is -0.330. The molecule has 2 heterocycles. The van der Waals surface area contributed by atoms with Crippen LogP contribution in [0, 0.1) is 11.7 Å². The summed E-state index contributed by atoms with van der Waals surface area (Å²) in [4.78, 5) is 12.2. The van der Waals surface area contributed by atoms with Crippen LogP contribution >= 0.6 is 0 Å². The number of carbonyl (C=O) groups excluding carboxylic acids is 1. The van der Waals surface area contributed by atoms with E-state index in [1.807, 2.05) is 0 Å². The number of carbonyl (C=O) groups is 1. The molecule has 0 N–H and O–H groups in total. The summed E-state index contributed by atoms with van der Waals surface area (Å²) in [5.74, 6) is -0.218. The second kappa shape index (κ2) is 4.53. The van der Waals surface area contributed by atoms with Crippen molar-refractivity contribution < 1.29 is 18.3 Å². The third kappa shape index (κ3) is 2.04. The largest absolute Gasteiger partial charge is 0.453 e. The highest BCUT2D eigenvalue weighted by atomic mass is 19.1. The Bertz CT molecular complexity index is 582. The summed E-state index contributed by atoms with van der Waals surface area (Å²) in [5.41, 5.74) is 0.538. The SMILES string of the molecule is O=C(c1cc2cc(F)ccc2o1)C1CCCOC1. The van der Waals surface area contributed by atoms with Gasteiger partial charge in [-0.15, -0.1) is 0 Å². The molecule has 94 valence electrons. The van der Waals surface area contributed by atoms with Crippen LogP contribution in [0.2, 0.25) is 0 Å². The third-order valence-corrected chi connectivity index (χ3v) is 3.25. The Labute approximate surface area is 104 Å². The van der Waals surface area contributed by atoms with Crippen LogP contribution in [-0.4, -0.2) is 19.0 Å². The van der Waals surface area contributed by atoms with Gasteiger partial charge < -0.3 is 9.15 Å². The molecule has 0 spiro atoms. The fourth-order valence-electron chi connectivity index (χ4n) is 2.28. The van der Waals surface area contributed by atoms with Gasteiger partial charge in [0.15, 0.2) is 5.76 Å². The lowest BCUT2D eigenvalue weighted by molar-refractivity contribution is 0.0445. The van der Waals surface area contributed by atoms with E-state index in [-0.39, 0.29) is 17.5 Å². The van der Waals surface area contributed by atoms with Gasteiger partial charge in [0.05, 0.1) is 6.61 Å². The number of furan rings is 1. The number of halogens is 1. The van der Waals surface area contributed by atoms with Crippen molar-refractivity contribution in [3.05, 3.63) is 35.8 Å². The molecule has 1 aromatic carbocycles. The van der Waals surface area contributed by atoms with Gasteiger partial charge in [0.2, 0.25) is 5.78 Å². The summed E-state index contributed by atoms with van der Waals surface area (Å²) in [5, 5.41) is 0.620. The Morgan fingerprint density at radius 2 is 2.22 bits per heavy atom. The van der Waals surface area contributed by atoms with Crippen LogP contribution < -0.4 is 0 Å². The zero-order chi connectivity index (χ0) is 12.5. The van der Waals surface area contributed by atoms with Gasteiger partial charge >= 0.3 is 0 Å². The van der Waals surface area contributed by atoms with Crippen LogP contribution in [0.5, 0.6) is 0 Å². The average Bonchev–Trinajstić information content (AvgIpc) is 2.81. The van der Waals surface area contributed by atoms with E-state index in [0.29, 0.717) is 23.3 Å². The Morgan fingerprint density at radius 1 is 1.33 bits per heavy atom. The smallest absolute Gasteiger partial charge is 0.203 e. The monoisotopic (exact) mass is 248 g/mol. The Kier molecular flexibility index (Phi) is 2.88. The molecule has 1 aliphatic rings. The number of ketones is 1. The van der Waals surface area contributed by atoms with Crippen LogP contribution in [-0.2, 0) is 4.74 Å². The van der Waals surface area contributed by atoms with Crippen molar-refractivity contribution in [1.29, 1.82) is 0 Å². The van der Waals surface area contributed by atoms with E-state index in [2.05, 4.69) is 0 Å². The van der Waals surface area contributed by atoms with Gasteiger partial charge in [-0.3, -0.25) is 4.79 Å². The van der Waals surface area contributed by atoms with Crippen LogP contribution in [0.1, 0.15) is 23.4 Å². The quantitative estimate of drug-likeness (QED) is 0.766. The van der Waals surface area contributed by atoms with E-state index in [0.717, 1.165) is 19.4 Å². The number of fused-ring (bicyclic) bond motifs is 1. The predicted octanol–water partition coefficient (Wildman–Crippen LogP) is 3.18. The van der Waals surface area contributed by atoms with Gasteiger partial charge in [-0.25, -0.2) is 4.39 Å². The fraction of sp³-hybridized carbons (Fsp3) is 0.357. The number of Topliss-reactive ketones (excluding diaryl/α,β-unsaturated/α-hetero) is 1. The summed E-state index contributed by atoms with van der Waals surface area (Å²) in [6.45, 7) is 1.17. The van der Waals surface area contributed by atoms with Crippen LogP contribution in [0.15, 0.2) is 28.7 Å². The average molecular weight is 248 g/mol. The van der Waals surface area contributed by atoms with Crippen molar-refractivity contribution in [1.82, 2.24) is 0 Å². The topological polar surface area (TPSA) is 39.4 Å². The molecule has 1 aromatic heterocycles. The molecule has 1 unspecified atom stereocenters. The normalized spacial score (nSPS) is 20.2. The van der Waals surface area contributed by atoms with Crippen molar-refractivity contribution in [3.8, 4) is 0 Å². The zero-order valence-electron chi connectivity index (χ0n) is 9.82. The van der Waals surface area contributed by atoms with Crippen LogP contribution in [0.4, 0.5) is 4.39 Å². The molecule has 18 heavy (non-hydrogen) atoms. The molecular formula is C14H13FO3. The lowest BCUT2D eigenvalue weighted by Gasteiger charge is -2.19. The summed E-state index contributed by atoms with van der Waals surface area (Å²) in [7, 11) is 0. The van der Waals surface area contributed by atoms with E-state index in [1.54, 1.807) is 12.1 Å². The van der Waals surface area contributed by atoms with Gasteiger partial charge in [0.25, 0.3) is 0 Å². The maximum Gasteiger partial charge on any atom is 0.203 e. The van der Waals surface area contributed by atoms with Gasteiger partial charge in [-0.05, 0) is 37.1 Å². The molecule has 1 fully saturated rings. The lowest BCUT2D eigenvalue weighted by atomic mass is 9.96. The van der Waals surface area contributed by atoms with Crippen molar-refractivity contribution >= 4 is 16.8 Å². The molecule has 0 aliphatic carbocycles. The Morgan fingerprint density at radius 3 is 3.00 bits per heavy atom. The number of rotatable bonds is 2. The summed E-state index contributed by atoms with van der Waals surface area (Å²) in [6.07, 6.45) is 1.72. The summed E-state index contributed by atoms with van der Waals surface area (Å²) in [6, 6.07) is 5.84. The third-order valence-electron chi connectivity index (χ3n) is 3.25. The Balaban J connectivity index is 1.91. The molecule has 3 rings (SSSR count). The molecule has 1 aliphatic heterocycles. The molecule has 0 radical (unpaired) electrons. The molecule has 1 saturated heterocycles. The molecule has 0 amide bonds. The molecule has 3 nitrogen and oxygen atoms in total. The number of ether oxygens (including phenoxy) is 1. The predicted molar refractivity (Wildman–Crippen MR) is 64.0 cm³/mol. The van der Waals surface area contributed by atoms with Gasteiger partial charge in [0.1, 0.15) is 11.4 Å². The van der Waals surface area contributed by atoms with Crippen LogP contribution in [0.25, 0.3) is 11.0 Å². The maximum atomic E-state index is 13.1. The van der Waals surface area contributed by atoms with Crippen molar-refractivity contribution in [2.45, 2.75) is 12.8 Å². The minimum Gasteiger partial charge on any atom is -0.453 e. The summed E-state index contributed by atoms with van der Waals surface area (Å²) < 4.78 is 23.8. The van der Waals surface area contributed by atoms with Gasteiger partial charge in [-0.2, -0.15) is 0 Å². The molecule has 4 heteroatoms. The van der Waals surface area contributed by atoms with E-state index < -0.39 is 0 Å². The molecule has 1 atom stereocenters. The lowest BCUT2D eigenvalue weighted by Crippen LogP contribution is -2.24. The first kappa shape index (κ1) is 11.4. The standard InChI is InChI=1S/C14H13FO3/c15-11-3-4-12-10(6-11)7-13(18-12)14(16)9-2-1-5-17-8-9/h3-4,6-7,9H,1-2,5,8H2. The maximum absolute atomic E-state index is 13.1. The molecule has 0 bridgehead atoms. The molecule has 0 saturated carbocycles. The second-order valence-corrected chi connectivity index (χ2v) is 4.57. The first-order valence-electron chi connectivity index (χ1n) is 6.05. The minimum absolute atomic E-state index is 0.0497. The first-order valence-corrected chi connectivity index (χ1v) is 6.05. The zero-order valence-corrected chi connectivity index (χ0v) is 9.82. The van der Waals surface area contributed by atoms with E-state index in [9.17, 15) is 9.18 Å². The number of hydrogen-bond acceptors (Lipinski definition) is 3. The molecule has 2 aromatic rings. The Hall–Kier alpha value is -1.68. The second-order valence-electron chi connectivity index (χ2n) is 4.57. The highest BCUT2D eigenvalue weighted by molar-refractivity contribution is 5.99. The van der Waals surface area contributed by atoms with Crippen molar-refractivity contribution in [3.63, 3.8) is 0 Å². The fourth-order valence-corrected chi connectivity index (χ4v) is 2.28. The van der Waals surface area contributed by atoms with Crippen molar-refractivity contribution in [2.75, 3.05) is 13.2 Å². The molecular weight excluding hydrogens is 235 g/mol. The summed E-state index contributed by atoms with van der Waals surface area (Å²) >= 11 is 0. The van der Waals surface area contributed by atoms with E-state index in [1.165, 1.54) is 12.1 Å². The first-order chi connectivity index (χ1) is 8.74. The van der Waals surface area contributed by atoms with Gasteiger partial charge in [-0.1, -0.05) is 0 Å². The number of hydrogen-bond donors (Lipinski definition) is 0. The van der Waals surface area contributed by atoms with Gasteiger partial charge in [0, 0.05) is 17.9 Å². The number of benzene rings is 1. The highest BCUT2D eigenvalue weighted by Gasteiger charge is 2.25. The van der Waals surface area contributed by atoms with Crippen molar-refractivity contribution in [2.24, 2.45) is 5.92 Å².